The maximum atomic E-state index is 12.5. The zero-order valence-corrected chi connectivity index (χ0v) is 10.8. The summed E-state index contributed by atoms with van der Waals surface area (Å²) in [5.41, 5.74) is -0.435. The van der Waals surface area contributed by atoms with E-state index in [2.05, 4.69) is 0 Å². The minimum atomic E-state index is -1.01. The van der Waals surface area contributed by atoms with Gasteiger partial charge in [-0.05, 0) is 12.8 Å². The van der Waals surface area contributed by atoms with Gasteiger partial charge in [0.1, 0.15) is 6.04 Å². The average molecular weight is 255 g/mol. The molecule has 102 valence electrons. The molecule has 0 spiro atoms. The monoisotopic (exact) mass is 255 g/mol. The van der Waals surface area contributed by atoms with Crippen LogP contribution in [0.4, 0.5) is 0 Å². The van der Waals surface area contributed by atoms with E-state index in [1.165, 1.54) is 4.90 Å². The predicted molar refractivity (Wildman–Crippen MR) is 65.0 cm³/mol. The highest BCUT2D eigenvalue weighted by Crippen LogP contribution is 2.39. The van der Waals surface area contributed by atoms with E-state index in [-0.39, 0.29) is 18.9 Å². The minimum absolute atomic E-state index is 0.0915. The minimum Gasteiger partial charge on any atom is -0.480 e. The molecule has 1 aliphatic heterocycles. The van der Waals surface area contributed by atoms with Crippen LogP contribution < -0.4 is 0 Å². The molecule has 1 amide bonds. The lowest BCUT2D eigenvalue weighted by Gasteiger charge is -2.36. The molecule has 1 aliphatic carbocycles. The van der Waals surface area contributed by atoms with Gasteiger partial charge in [-0.25, -0.2) is 4.79 Å². The van der Waals surface area contributed by atoms with E-state index >= 15 is 0 Å². The van der Waals surface area contributed by atoms with Crippen molar-refractivity contribution >= 4 is 11.9 Å². The molecule has 0 aromatic carbocycles. The summed E-state index contributed by atoms with van der Waals surface area (Å²) in [6.45, 7) is 2.09. The van der Waals surface area contributed by atoms with E-state index in [4.69, 9.17) is 5.11 Å². The van der Waals surface area contributed by atoms with Gasteiger partial charge in [0, 0.05) is 18.4 Å². The van der Waals surface area contributed by atoms with Gasteiger partial charge in [-0.15, -0.1) is 0 Å². The van der Waals surface area contributed by atoms with Gasteiger partial charge < -0.3 is 15.1 Å². The molecule has 2 N–H and O–H groups in total. The summed E-state index contributed by atoms with van der Waals surface area (Å²) in [4.78, 5) is 25.1. The number of aliphatic hydroxyl groups excluding tert-OH is 1. The molecule has 2 atom stereocenters. The maximum absolute atomic E-state index is 12.5. The van der Waals surface area contributed by atoms with Gasteiger partial charge >= 0.3 is 5.97 Å². The zero-order chi connectivity index (χ0) is 13.3. The number of rotatable bonds is 2. The quantitative estimate of drug-likeness (QED) is 0.771. The Morgan fingerprint density at radius 2 is 1.83 bits per heavy atom. The summed E-state index contributed by atoms with van der Waals surface area (Å²) in [5.74, 6) is -1.11. The van der Waals surface area contributed by atoms with Gasteiger partial charge in [0.15, 0.2) is 0 Å². The van der Waals surface area contributed by atoms with Crippen LogP contribution in [0.15, 0.2) is 0 Å². The third-order valence-corrected chi connectivity index (χ3v) is 4.30. The number of amides is 1. The highest BCUT2D eigenvalue weighted by Gasteiger charge is 2.45. The Morgan fingerprint density at radius 1 is 1.22 bits per heavy atom. The summed E-state index contributed by atoms with van der Waals surface area (Å²) < 4.78 is 0. The van der Waals surface area contributed by atoms with Crippen molar-refractivity contribution in [2.45, 2.75) is 57.6 Å². The Hall–Kier alpha value is -1.10. The molecule has 5 nitrogen and oxygen atoms in total. The number of hydrogen-bond donors (Lipinski definition) is 2. The fourth-order valence-electron chi connectivity index (χ4n) is 3.17. The number of aliphatic carboxylic acids is 1. The number of carbonyl (C=O) groups excluding carboxylic acids is 1. The van der Waals surface area contributed by atoms with Crippen LogP contribution in [0.2, 0.25) is 0 Å². The van der Waals surface area contributed by atoms with Crippen LogP contribution in [0.25, 0.3) is 0 Å². The van der Waals surface area contributed by atoms with E-state index in [0.29, 0.717) is 0 Å². The average Bonchev–Trinajstić information content (AvgIpc) is 2.71. The van der Waals surface area contributed by atoms with E-state index in [1.807, 2.05) is 6.92 Å². The van der Waals surface area contributed by atoms with Gasteiger partial charge in [-0.1, -0.05) is 26.2 Å². The predicted octanol–water partition coefficient (Wildman–Crippen LogP) is 1.00. The van der Waals surface area contributed by atoms with Crippen LogP contribution in [-0.4, -0.2) is 45.7 Å². The topological polar surface area (TPSA) is 77.8 Å². The van der Waals surface area contributed by atoms with Crippen LogP contribution >= 0.6 is 0 Å². The van der Waals surface area contributed by atoms with Crippen molar-refractivity contribution in [3.05, 3.63) is 0 Å². The zero-order valence-electron chi connectivity index (χ0n) is 10.8. The Bertz CT molecular complexity index is 349. The standard InChI is InChI=1S/C13H21NO4/c1-13(5-3-2-4-6-13)12(18)14-8-9(15)7-10(14)11(16)17/h9-10,15H,2-8H2,1H3,(H,16,17)/t9?,10-/m0/s1. The van der Waals surface area contributed by atoms with Gasteiger partial charge in [-0.3, -0.25) is 4.79 Å². The molecule has 0 aromatic heterocycles. The molecule has 0 bridgehead atoms. The van der Waals surface area contributed by atoms with Crippen molar-refractivity contribution in [2.75, 3.05) is 6.54 Å². The molecule has 1 heterocycles. The van der Waals surface area contributed by atoms with Crippen molar-refractivity contribution in [1.82, 2.24) is 4.90 Å². The Labute approximate surface area is 107 Å². The summed E-state index contributed by atoms with van der Waals surface area (Å²) in [7, 11) is 0. The van der Waals surface area contributed by atoms with Gasteiger partial charge in [0.2, 0.25) is 5.91 Å². The number of aliphatic hydroxyl groups is 1. The van der Waals surface area contributed by atoms with Crippen molar-refractivity contribution in [2.24, 2.45) is 5.41 Å². The first kappa shape index (κ1) is 13.3. The van der Waals surface area contributed by atoms with E-state index in [1.54, 1.807) is 0 Å². The number of carbonyl (C=O) groups is 2. The molecule has 1 unspecified atom stereocenters. The Balaban J connectivity index is 2.14. The second-order valence-corrected chi connectivity index (χ2v) is 5.82. The summed E-state index contributed by atoms with van der Waals surface area (Å²) >= 11 is 0. The number of nitrogens with zero attached hydrogens (tertiary/aromatic N) is 1. The van der Waals surface area contributed by atoms with E-state index < -0.39 is 23.5 Å². The lowest BCUT2D eigenvalue weighted by Crippen LogP contribution is -2.48. The molecular weight excluding hydrogens is 234 g/mol. The third-order valence-electron chi connectivity index (χ3n) is 4.30. The second kappa shape index (κ2) is 4.88. The Morgan fingerprint density at radius 3 is 2.39 bits per heavy atom. The van der Waals surface area contributed by atoms with Gasteiger partial charge in [0.25, 0.3) is 0 Å². The van der Waals surface area contributed by atoms with Crippen molar-refractivity contribution < 1.29 is 19.8 Å². The van der Waals surface area contributed by atoms with Crippen molar-refractivity contribution in [3.8, 4) is 0 Å². The molecule has 1 saturated heterocycles. The number of β-amino-alcohol motifs (C(OH)–C–C–N with tert-alkyl or cyclic N) is 1. The van der Waals surface area contributed by atoms with Crippen LogP contribution in [0.1, 0.15) is 45.4 Å². The molecule has 5 heteroatoms. The fraction of sp³-hybridized carbons (Fsp3) is 0.846. The second-order valence-electron chi connectivity index (χ2n) is 5.82. The van der Waals surface area contributed by atoms with Crippen LogP contribution in [-0.2, 0) is 9.59 Å². The number of carboxylic acids is 1. The molecule has 1 saturated carbocycles. The molecule has 2 aliphatic rings. The van der Waals surface area contributed by atoms with Crippen LogP contribution in [0.3, 0.4) is 0 Å². The number of carboxylic acid groups (broad SMARTS) is 1. The lowest BCUT2D eigenvalue weighted by molar-refractivity contribution is -0.153. The molecule has 0 radical (unpaired) electrons. The lowest BCUT2D eigenvalue weighted by atomic mass is 9.74. The summed E-state index contributed by atoms with van der Waals surface area (Å²) in [6.07, 6.45) is 4.29. The van der Waals surface area contributed by atoms with Crippen molar-refractivity contribution in [3.63, 3.8) is 0 Å². The van der Waals surface area contributed by atoms with Crippen LogP contribution in [0, 0.1) is 5.41 Å². The summed E-state index contributed by atoms with van der Waals surface area (Å²) in [6, 6.07) is -0.855. The first-order valence-corrected chi connectivity index (χ1v) is 6.66. The Kier molecular flexibility index (Phi) is 3.61. The van der Waals surface area contributed by atoms with E-state index in [0.717, 1.165) is 32.1 Å². The highest BCUT2D eigenvalue weighted by molar-refractivity contribution is 5.88. The van der Waals surface area contributed by atoms with Gasteiger partial charge in [0.05, 0.1) is 6.10 Å². The van der Waals surface area contributed by atoms with E-state index in [9.17, 15) is 14.7 Å². The highest BCUT2D eigenvalue weighted by atomic mass is 16.4. The maximum Gasteiger partial charge on any atom is 0.326 e. The summed E-state index contributed by atoms with van der Waals surface area (Å²) in [5, 5.41) is 18.7. The molecular formula is C13H21NO4. The van der Waals surface area contributed by atoms with Gasteiger partial charge in [-0.2, -0.15) is 0 Å². The molecule has 2 fully saturated rings. The normalized spacial score (nSPS) is 31.3. The SMILES string of the molecule is CC1(C(=O)N2CC(O)C[C@H]2C(=O)O)CCCCC1. The number of likely N-dealkylation sites (tertiary alicyclic amines) is 1. The first-order valence-electron chi connectivity index (χ1n) is 6.66. The fourth-order valence-corrected chi connectivity index (χ4v) is 3.17. The largest absolute Gasteiger partial charge is 0.480 e. The smallest absolute Gasteiger partial charge is 0.326 e. The molecule has 18 heavy (non-hydrogen) atoms. The first-order chi connectivity index (χ1) is 8.44. The molecule has 2 rings (SSSR count). The van der Waals surface area contributed by atoms with Crippen molar-refractivity contribution in [1.29, 1.82) is 0 Å². The van der Waals surface area contributed by atoms with Crippen LogP contribution in [0.5, 0.6) is 0 Å². The molecule has 0 aromatic rings. The number of hydrogen-bond acceptors (Lipinski definition) is 3. The third kappa shape index (κ3) is 2.36.